The van der Waals surface area contributed by atoms with Gasteiger partial charge >= 0.3 is 0 Å². The van der Waals surface area contributed by atoms with Crippen molar-refractivity contribution in [3.8, 4) is 6.07 Å². The van der Waals surface area contributed by atoms with Crippen molar-refractivity contribution in [1.82, 2.24) is 4.98 Å². The molecule has 0 radical (unpaired) electrons. The van der Waals surface area contributed by atoms with Gasteiger partial charge in [-0.15, -0.1) is 0 Å². The van der Waals surface area contributed by atoms with Crippen molar-refractivity contribution in [3.63, 3.8) is 0 Å². The van der Waals surface area contributed by atoms with Crippen LogP contribution in [0.15, 0.2) is 35.3 Å². The molecule has 1 aromatic carbocycles. The van der Waals surface area contributed by atoms with E-state index >= 15 is 0 Å². The molecule has 0 aliphatic rings. The number of hydrogen-bond donors (Lipinski definition) is 1. The van der Waals surface area contributed by atoms with Crippen LogP contribution >= 0.6 is 0 Å². The Kier molecular flexibility index (Phi) is 3.64. The lowest BCUT2D eigenvalue weighted by Gasteiger charge is -1.95. The summed E-state index contributed by atoms with van der Waals surface area (Å²) in [6, 6.07) is 8.96. The molecule has 0 aliphatic heterocycles. The molecule has 0 amide bonds. The number of nitriles is 1. The summed E-state index contributed by atoms with van der Waals surface area (Å²) in [6.45, 7) is 4.00. The molecule has 0 unspecified atom stereocenters. The molecule has 1 N–H and O–H groups in total. The molecule has 0 aliphatic carbocycles. The Bertz CT molecular complexity index is 549. The zero-order valence-corrected chi connectivity index (χ0v) is 8.74. The van der Waals surface area contributed by atoms with Crippen molar-refractivity contribution in [2.75, 3.05) is 0 Å². The number of pyridine rings is 1. The van der Waals surface area contributed by atoms with E-state index in [9.17, 15) is 4.79 Å². The summed E-state index contributed by atoms with van der Waals surface area (Å²) in [5.74, 6) is 0. The third-order valence-electron chi connectivity index (χ3n) is 1.91. The lowest BCUT2D eigenvalue weighted by molar-refractivity contribution is 1.34. The van der Waals surface area contributed by atoms with Gasteiger partial charge in [-0.25, -0.2) is 0 Å². The van der Waals surface area contributed by atoms with Gasteiger partial charge in [0.15, 0.2) is 0 Å². The van der Waals surface area contributed by atoms with E-state index in [4.69, 9.17) is 5.26 Å². The highest BCUT2D eigenvalue weighted by atomic mass is 16.1. The molecule has 0 spiro atoms. The van der Waals surface area contributed by atoms with Gasteiger partial charge in [0, 0.05) is 17.1 Å². The van der Waals surface area contributed by atoms with Gasteiger partial charge in [-0.2, -0.15) is 5.26 Å². The summed E-state index contributed by atoms with van der Waals surface area (Å²) in [5, 5.41) is 9.16. The van der Waals surface area contributed by atoms with Gasteiger partial charge in [-0.1, -0.05) is 26.0 Å². The monoisotopic (exact) mass is 200 g/mol. The fourth-order valence-electron chi connectivity index (χ4n) is 1.25. The van der Waals surface area contributed by atoms with Crippen LogP contribution in [0.3, 0.4) is 0 Å². The predicted octanol–water partition coefficient (Wildman–Crippen LogP) is 2.43. The van der Waals surface area contributed by atoms with Gasteiger partial charge in [-0.05, 0) is 12.1 Å². The number of aromatic nitrogens is 1. The van der Waals surface area contributed by atoms with Crippen LogP contribution in [0.2, 0.25) is 0 Å². The Hall–Kier alpha value is -2.08. The molecule has 1 heterocycles. The molecule has 2 rings (SSSR count). The van der Waals surface area contributed by atoms with Crippen LogP contribution in [-0.2, 0) is 0 Å². The molecule has 0 saturated carbocycles. The van der Waals surface area contributed by atoms with Gasteiger partial charge < -0.3 is 4.98 Å². The number of fused-ring (bicyclic) bond motifs is 1. The van der Waals surface area contributed by atoms with Crippen LogP contribution in [0.4, 0.5) is 0 Å². The molecule has 0 saturated heterocycles. The van der Waals surface area contributed by atoms with Gasteiger partial charge in [-0.3, -0.25) is 4.79 Å². The minimum Gasteiger partial charge on any atom is -0.360 e. The number of benzene rings is 1. The number of aromatic amines is 1. The lowest BCUT2D eigenvalue weighted by atomic mass is 10.1. The van der Waals surface area contributed by atoms with E-state index in [-0.39, 0.29) is 11.0 Å². The van der Waals surface area contributed by atoms with Gasteiger partial charge in [0.05, 0.1) is 0 Å². The number of nitrogens with one attached hydrogen (secondary N) is 1. The second kappa shape index (κ2) is 4.97. The summed E-state index contributed by atoms with van der Waals surface area (Å²) in [4.78, 5) is 14.4. The van der Waals surface area contributed by atoms with Crippen LogP contribution in [-0.4, -0.2) is 4.98 Å². The first-order valence-electron chi connectivity index (χ1n) is 4.83. The van der Waals surface area contributed by atoms with Crippen molar-refractivity contribution in [2.24, 2.45) is 0 Å². The Balaban J connectivity index is 0.000000531. The Morgan fingerprint density at radius 1 is 1.27 bits per heavy atom. The Labute approximate surface area is 88.0 Å². The zero-order valence-electron chi connectivity index (χ0n) is 8.74. The topological polar surface area (TPSA) is 56.6 Å². The fourth-order valence-corrected chi connectivity index (χ4v) is 1.25. The summed E-state index contributed by atoms with van der Waals surface area (Å²) in [5.41, 5.74) is 0.696. The maximum absolute atomic E-state index is 11.5. The van der Waals surface area contributed by atoms with Crippen LogP contribution in [0.25, 0.3) is 10.9 Å². The third-order valence-corrected chi connectivity index (χ3v) is 1.91. The molecule has 0 fully saturated rings. The Morgan fingerprint density at radius 3 is 2.60 bits per heavy atom. The molecule has 3 nitrogen and oxygen atoms in total. The molecule has 0 atom stereocenters. The van der Waals surface area contributed by atoms with Gasteiger partial charge in [0.2, 0.25) is 5.43 Å². The number of hydrogen-bond acceptors (Lipinski definition) is 2. The number of H-pyrrole nitrogens is 1. The second-order valence-corrected chi connectivity index (χ2v) is 2.69. The predicted molar refractivity (Wildman–Crippen MR) is 60.6 cm³/mol. The molecule has 0 bridgehead atoms. The number of rotatable bonds is 0. The summed E-state index contributed by atoms with van der Waals surface area (Å²) in [7, 11) is 0. The average Bonchev–Trinajstić information content (AvgIpc) is 2.33. The maximum Gasteiger partial charge on any atom is 0.207 e. The van der Waals surface area contributed by atoms with Crippen LogP contribution in [0.5, 0.6) is 0 Å². The minimum atomic E-state index is -0.211. The standard InChI is InChI=1S/C10H6N2O.C2H6/c11-5-7-6-12-9-4-2-1-3-8(9)10(7)13;1-2/h1-4,6H,(H,12,13);1-2H3. The van der Waals surface area contributed by atoms with Crippen molar-refractivity contribution in [1.29, 1.82) is 5.26 Å². The van der Waals surface area contributed by atoms with E-state index in [1.54, 1.807) is 18.2 Å². The van der Waals surface area contributed by atoms with Crippen molar-refractivity contribution in [3.05, 3.63) is 46.2 Å². The molecule has 1 aromatic heterocycles. The maximum atomic E-state index is 11.5. The Morgan fingerprint density at radius 2 is 1.93 bits per heavy atom. The second-order valence-electron chi connectivity index (χ2n) is 2.69. The van der Waals surface area contributed by atoms with E-state index in [0.29, 0.717) is 5.39 Å². The fraction of sp³-hybridized carbons (Fsp3) is 0.167. The SMILES string of the molecule is CC.N#Cc1c[nH]c2ccccc2c1=O. The van der Waals surface area contributed by atoms with Crippen LogP contribution in [0.1, 0.15) is 19.4 Å². The largest absolute Gasteiger partial charge is 0.360 e. The summed E-state index contributed by atoms with van der Waals surface area (Å²) < 4.78 is 0. The minimum absolute atomic E-state index is 0.152. The van der Waals surface area contributed by atoms with Crippen molar-refractivity contribution >= 4 is 10.9 Å². The highest BCUT2D eigenvalue weighted by molar-refractivity contribution is 5.79. The van der Waals surface area contributed by atoms with Crippen molar-refractivity contribution < 1.29 is 0 Å². The van der Waals surface area contributed by atoms with Crippen LogP contribution < -0.4 is 5.43 Å². The normalized spacial score (nSPS) is 8.87. The number of para-hydroxylation sites is 1. The highest BCUT2D eigenvalue weighted by Gasteiger charge is 2.01. The van der Waals surface area contributed by atoms with E-state index in [2.05, 4.69) is 4.98 Å². The van der Waals surface area contributed by atoms with E-state index < -0.39 is 0 Å². The van der Waals surface area contributed by atoms with Crippen LogP contribution in [0, 0.1) is 11.3 Å². The zero-order chi connectivity index (χ0) is 11.3. The van der Waals surface area contributed by atoms with Crippen molar-refractivity contribution in [2.45, 2.75) is 13.8 Å². The smallest absolute Gasteiger partial charge is 0.207 e. The number of nitrogens with zero attached hydrogens (tertiary/aromatic N) is 1. The molecular formula is C12H12N2O. The highest BCUT2D eigenvalue weighted by Crippen LogP contribution is 2.05. The third kappa shape index (κ3) is 2.05. The van der Waals surface area contributed by atoms with Gasteiger partial charge in [0.1, 0.15) is 11.6 Å². The lowest BCUT2D eigenvalue weighted by Crippen LogP contribution is -2.06. The summed E-state index contributed by atoms with van der Waals surface area (Å²) >= 11 is 0. The van der Waals surface area contributed by atoms with E-state index in [0.717, 1.165) is 5.52 Å². The molecule has 76 valence electrons. The van der Waals surface area contributed by atoms with Gasteiger partial charge in [0.25, 0.3) is 0 Å². The average molecular weight is 200 g/mol. The summed E-state index contributed by atoms with van der Waals surface area (Å²) in [6.07, 6.45) is 1.44. The van der Waals surface area contributed by atoms with E-state index in [1.165, 1.54) is 6.20 Å². The quantitative estimate of drug-likeness (QED) is 0.710. The molecule has 3 heteroatoms. The first-order chi connectivity index (χ1) is 7.33. The molecule has 2 aromatic rings. The molecular weight excluding hydrogens is 188 g/mol. The van der Waals surface area contributed by atoms with E-state index in [1.807, 2.05) is 26.0 Å². The first-order valence-corrected chi connectivity index (χ1v) is 4.83. The first kappa shape index (κ1) is 11.0. The molecule has 15 heavy (non-hydrogen) atoms.